The van der Waals surface area contributed by atoms with Crippen molar-refractivity contribution in [3.05, 3.63) is 12.7 Å². The summed E-state index contributed by atoms with van der Waals surface area (Å²) < 4.78 is 46.1. The minimum atomic E-state index is -4.41. The Morgan fingerprint density at radius 3 is 2.82 bits per heavy atom. The first-order valence-corrected chi connectivity index (χ1v) is 13.1. The van der Waals surface area contributed by atoms with Gasteiger partial charge < -0.3 is 29.5 Å². The van der Waals surface area contributed by atoms with Crippen molar-refractivity contribution < 1.29 is 42.2 Å². The second kappa shape index (κ2) is 10.5. The summed E-state index contributed by atoms with van der Waals surface area (Å²) in [6.07, 6.45) is -0.743. The second-order valence-corrected chi connectivity index (χ2v) is 10.2. The summed E-state index contributed by atoms with van der Waals surface area (Å²) in [5.74, 6) is -0.436. The molecule has 2 aromatic rings. The average molecular weight is 509 g/mol. The van der Waals surface area contributed by atoms with Gasteiger partial charge in [0.1, 0.15) is 30.3 Å². The highest BCUT2D eigenvalue weighted by Gasteiger charge is 2.42. The smallest absolute Gasteiger partial charge is 0.400 e. The van der Waals surface area contributed by atoms with Crippen LogP contribution in [0.4, 0.5) is 5.82 Å². The molecule has 0 saturated carbocycles. The molecule has 0 bridgehead atoms. The van der Waals surface area contributed by atoms with Gasteiger partial charge in [0, 0.05) is 6.42 Å². The molecular weight excluding hydrogens is 484 g/mol. The Balaban J connectivity index is 1.67. The van der Waals surface area contributed by atoms with E-state index in [0.29, 0.717) is 11.2 Å². The minimum Gasteiger partial charge on any atom is -0.465 e. The molecule has 184 valence electrons. The van der Waals surface area contributed by atoms with Crippen molar-refractivity contribution in [1.29, 1.82) is 0 Å². The molecule has 1 aliphatic rings. The molecule has 16 nitrogen and oxygen atoms in total. The van der Waals surface area contributed by atoms with Gasteiger partial charge in [0.05, 0.1) is 32.4 Å². The first-order valence-electron chi connectivity index (χ1n) is 9.70. The quantitative estimate of drug-likeness (QED) is 0.189. The van der Waals surface area contributed by atoms with Gasteiger partial charge in [-0.15, -0.1) is 0 Å². The van der Waals surface area contributed by atoms with Gasteiger partial charge in [0.2, 0.25) is 0 Å². The number of carbonyl (C=O) groups excluding carboxylic acids is 1. The summed E-state index contributed by atoms with van der Waals surface area (Å²) in [7, 11) is -8.61. The normalized spacial score (nSPS) is 24.4. The van der Waals surface area contributed by atoms with E-state index in [4.69, 9.17) is 29.8 Å². The summed E-state index contributed by atoms with van der Waals surface area (Å²) in [4.78, 5) is 42.9. The van der Waals surface area contributed by atoms with E-state index in [0.717, 1.165) is 0 Å². The van der Waals surface area contributed by atoms with Gasteiger partial charge in [-0.25, -0.2) is 25.0 Å². The van der Waals surface area contributed by atoms with Crippen LogP contribution in [0.2, 0.25) is 0 Å². The summed E-state index contributed by atoms with van der Waals surface area (Å²) >= 11 is 0. The molecule has 1 aliphatic heterocycles. The van der Waals surface area contributed by atoms with Crippen LogP contribution in [-0.2, 0) is 32.4 Å². The maximum absolute atomic E-state index is 12.3. The van der Waals surface area contributed by atoms with Gasteiger partial charge in [-0.05, 0) is 6.92 Å². The number of nitrogens with zero attached hydrogens (tertiary/aromatic N) is 4. The summed E-state index contributed by atoms with van der Waals surface area (Å²) in [6.45, 7) is 1.05. The number of fused-ring (bicyclic) bond motifs is 1. The van der Waals surface area contributed by atoms with Crippen LogP contribution in [-0.4, -0.2) is 73.5 Å². The van der Waals surface area contributed by atoms with Crippen molar-refractivity contribution in [3.63, 3.8) is 0 Å². The van der Waals surface area contributed by atoms with E-state index in [2.05, 4.69) is 20.3 Å². The van der Waals surface area contributed by atoms with Gasteiger partial charge in [-0.3, -0.25) is 23.8 Å². The van der Waals surface area contributed by atoms with Gasteiger partial charge in [0.25, 0.3) is 0 Å². The number of hydrogen-bond acceptors (Lipinski definition) is 12. The molecule has 0 spiro atoms. The zero-order valence-electron chi connectivity index (χ0n) is 17.5. The van der Waals surface area contributed by atoms with Crippen LogP contribution in [0.5, 0.6) is 0 Å². The molecule has 1 saturated heterocycles. The third-order valence-electron chi connectivity index (χ3n) is 4.49. The van der Waals surface area contributed by atoms with Crippen molar-refractivity contribution in [2.75, 3.05) is 31.8 Å². The Kier molecular flexibility index (Phi) is 8.16. The number of carbonyl (C=O) groups is 1. The first-order chi connectivity index (χ1) is 15.5. The molecule has 5 atom stereocenters. The van der Waals surface area contributed by atoms with Crippen molar-refractivity contribution in [2.45, 2.75) is 31.8 Å². The number of nitrogen functional groups attached to an aromatic ring is 1. The molecule has 7 N–H and O–H groups in total. The fourth-order valence-corrected chi connectivity index (χ4v) is 4.63. The lowest BCUT2D eigenvalue weighted by Gasteiger charge is -2.21. The van der Waals surface area contributed by atoms with Crippen LogP contribution in [0.3, 0.4) is 0 Å². The lowest BCUT2D eigenvalue weighted by Crippen LogP contribution is -2.30. The van der Waals surface area contributed by atoms with Crippen LogP contribution in [0.25, 0.3) is 11.2 Å². The highest BCUT2D eigenvalue weighted by Crippen LogP contribution is 2.45. The Labute approximate surface area is 187 Å². The number of nitrogens with one attached hydrogen (secondary N) is 1. The number of nitrogens with two attached hydrogens (primary N) is 2. The third kappa shape index (κ3) is 6.99. The molecule has 3 rings (SSSR count). The monoisotopic (exact) mass is 509 g/mol. The molecule has 0 aromatic carbocycles. The molecule has 2 aromatic heterocycles. The number of anilines is 1. The number of aromatic nitrogens is 4. The van der Waals surface area contributed by atoms with Crippen LogP contribution >= 0.6 is 15.3 Å². The standard InChI is InChI=1S/C15H25N7O9P2/c1-2-28-12(23)4-18-8-32(24,25)29-5-10-9(31-33(17,26)27)3-11(30-10)22-7-21-13-14(16)19-6-20-15(13)22/h6-7,9-11,18H,2-5,8H2,1H3,(H,24,25)(H2,16,19,20)(H3,17,26,27)/t9-,10+,11+/m0/s1. The molecule has 1 fully saturated rings. The maximum atomic E-state index is 12.3. The fraction of sp³-hybridized carbons (Fsp3) is 0.600. The second-order valence-electron chi connectivity index (χ2n) is 6.98. The van der Waals surface area contributed by atoms with E-state index in [1.165, 1.54) is 17.2 Å². The number of hydrogen-bond donors (Lipinski definition) is 5. The number of ether oxygens (including phenoxy) is 2. The third-order valence-corrected chi connectivity index (χ3v) is 6.24. The zero-order valence-corrected chi connectivity index (χ0v) is 19.3. The molecule has 33 heavy (non-hydrogen) atoms. The predicted molar refractivity (Wildman–Crippen MR) is 112 cm³/mol. The lowest BCUT2D eigenvalue weighted by atomic mass is 10.2. The minimum absolute atomic E-state index is 0.0297. The predicted octanol–water partition coefficient (Wildman–Crippen LogP) is -0.547. The van der Waals surface area contributed by atoms with E-state index >= 15 is 0 Å². The van der Waals surface area contributed by atoms with Crippen molar-refractivity contribution in [3.8, 4) is 0 Å². The fourth-order valence-electron chi connectivity index (χ4n) is 3.15. The van der Waals surface area contributed by atoms with E-state index < -0.39 is 52.6 Å². The highest BCUT2D eigenvalue weighted by atomic mass is 31.2. The Hall–Kier alpha value is -2.00. The Morgan fingerprint density at radius 2 is 2.12 bits per heavy atom. The highest BCUT2D eigenvalue weighted by molar-refractivity contribution is 7.52. The SMILES string of the molecule is CCOC(=O)CNCP(=O)(O)OC[C@H]1O[C@@H](n2cnc3c(N)ncnc32)C[C@@H]1OP(N)(=O)O. The van der Waals surface area contributed by atoms with Crippen molar-refractivity contribution in [2.24, 2.45) is 5.50 Å². The van der Waals surface area contributed by atoms with Crippen LogP contribution < -0.4 is 16.6 Å². The van der Waals surface area contributed by atoms with Crippen LogP contribution in [0, 0.1) is 0 Å². The molecule has 18 heteroatoms. The van der Waals surface area contributed by atoms with Crippen molar-refractivity contribution in [1.82, 2.24) is 24.8 Å². The Morgan fingerprint density at radius 1 is 1.36 bits per heavy atom. The van der Waals surface area contributed by atoms with Gasteiger partial charge in [0.15, 0.2) is 11.5 Å². The lowest BCUT2D eigenvalue weighted by molar-refractivity contribution is -0.141. The summed E-state index contributed by atoms with van der Waals surface area (Å²) in [5, 5.41) is 2.46. The topological polar surface area (TPSA) is 236 Å². The molecule has 2 unspecified atom stereocenters. The van der Waals surface area contributed by atoms with E-state index in [1.807, 2.05) is 0 Å². The Bertz CT molecular complexity index is 1080. The van der Waals surface area contributed by atoms with Gasteiger partial charge in [-0.2, -0.15) is 0 Å². The molecule has 0 amide bonds. The first kappa shape index (κ1) is 25.6. The molecule has 0 aliphatic carbocycles. The maximum Gasteiger partial charge on any atom is 0.400 e. The van der Waals surface area contributed by atoms with Gasteiger partial charge >= 0.3 is 21.3 Å². The summed E-state index contributed by atoms with van der Waals surface area (Å²) in [6, 6.07) is 0. The zero-order chi connectivity index (χ0) is 24.2. The van der Waals surface area contributed by atoms with E-state index in [9.17, 15) is 23.7 Å². The summed E-state index contributed by atoms with van der Waals surface area (Å²) in [5.41, 5.74) is 11.6. The van der Waals surface area contributed by atoms with E-state index in [1.54, 1.807) is 6.92 Å². The van der Waals surface area contributed by atoms with Crippen LogP contribution in [0.15, 0.2) is 12.7 Å². The van der Waals surface area contributed by atoms with Gasteiger partial charge in [-0.1, -0.05) is 0 Å². The number of esters is 1. The number of imidazole rings is 1. The number of rotatable bonds is 11. The van der Waals surface area contributed by atoms with E-state index in [-0.39, 0.29) is 25.4 Å². The van der Waals surface area contributed by atoms with Crippen molar-refractivity contribution >= 4 is 38.3 Å². The van der Waals surface area contributed by atoms with Crippen LogP contribution in [0.1, 0.15) is 19.6 Å². The average Bonchev–Trinajstić information content (AvgIpc) is 3.30. The largest absolute Gasteiger partial charge is 0.465 e. The molecule has 0 radical (unpaired) electrons. The molecule has 3 heterocycles. The molecular formula is C15H25N7O9P2.